The van der Waals surface area contributed by atoms with Gasteiger partial charge >= 0.3 is 0 Å². The minimum atomic E-state index is -0.125. The lowest BCUT2D eigenvalue weighted by Gasteiger charge is -2.33. The molecule has 1 unspecified atom stereocenters. The average molecular weight is 432 g/mol. The fraction of sp³-hybridized carbons (Fsp3) is 0.333. The van der Waals surface area contributed by atoms with Gasteiger partial charge in [0.1, 0.15) is 0 Å². The highest BCUT2D eigenvalue weighted by Crippen LogP contribution is 2.31. The normalized spacial score (nSPS) is 17.5. The van der Waals surface area contributed by atoms with Crippen molar-refractivity contribution in [2.45, 2.75) is 32.2 Å². The summed E-state index contributed by atoms with van der Waals surface area (Å²) in [5.74, 6) is 0.665. The van der Waals surface area contributed by atoms with E-state index in [9.17, 15) is 4.79 Å². The number of halogens is 1. The molecule has 0 radical (unpaired) electrons. The number of likely N-dealkylation sites (tertiary alicyclic amines) is 1. The molecular formula is C18H18BrN5OS. The second-order valence-corrected chi connectivity index (χ2v) is 8.54. The molecule has 1 atom stereocenters. The van der Waals surface area contributed by atoms with Crippen molar-refractivity contribution < 1.29 is 4.79 Å². The second kappa shape index (κ2) is 7.28. The zero-order valence-corrected chi connectivity index (χ0v) is 16.7. The van der Waals surface area contributed by atoms with Gasteiger partial charge in [-0.1, -0.05) is 22.0 Å². The van der Waals surface area contributed by atoms with Crippen LogP contribution in [0.2, 0.25) is 0 Å². The summed E-state index contributed by atoms with van der Waals surface area (Å²) in [6.07, 6.45) is 2.93. The molecule has 0 saturated carbocycles. The smallest absolute Gasteiger partial charge is 0.264 e. The topological polar surface area (TPSA) is 63.9 Å². The summed E-state index contributed by atoms with van der Waals surface area (Å²) in [6, 6.07) is 11.5. The standard InChI is InChI=1S/C18H18BrN5OS/c1-12-8-9-16(26-12)18(25)23-10-3-2-7-15(23)17-20-22-24(21-17)14-6-4-5-13(19)11-14/h4-6,8-9,11,15H,2-3,7,10H2,1H3. The van der Waals surface area contributed by atoms with Crippen molar-refractivity contribution >= 4 is 33.2 Å². The molecule has 1 aliphatic heterocycles. The van der Waals surface area contributed by atoms with Gasteiger partial charge in [-0.25, -0.2) is 0 Å². The van der Waals surface area contributed by atoms with Gasteiger partial charge < -0.3 is 4.90 Å². The van der Waals surface area contributed by atoms with Crippen LogP contribution in [0.25, 0.3) is 5.69 Å². The zero-order chi connectivity index (χ0) is 18.1. The number of piperidine rings is 1. The van der Waals surface area contributed by atoms with Crippen LogP contribution in [0.1, 0.15) is 45.7 Å². The number of hydrogen-bond acceptors (Lipinski definition) is 5. The minimum Gasteiger partial charge on any atom is -0.328 e. The molecule has 26 heavy (non-hydrogen) atoms. The third-order valence-electron chi connectivity index (χ3n) is 4.48. The van der Waals surface area contributed by atoms with Crippen LogP contribution >= 0.6 is 27.3 Å². The van der Waals surface area contributed by atoms with E-state index in [1.54, 1.807) is 0 Å². The maximum absolute atomic E-state index is 13.0. The first-order valence-electron chi connectivity index (χ1n) is 8.55. The second-order valence-electron chi connectivity index (χ2n) is 6.34. The van der Waals surface area contributed by atoms with Crippen LogP contribution < -0.4 is 0 Å². The number of carbonyl (C=O) groups excluding carboxylic acids is 1. The number of rotatable bonds is 3. The molecule has 0 N–H and O–H groups in total. The number of aromatic nitrogens is 4. The van der Waals surface area contributed by atoms with Gasteiger partial charge in [-0.15, -0.1) is 26.3 Å². The van der Waals surface area contributed by atoms with Crippen LogP contribution in [-0.4, -0.2) is 37.6 Å². The molecule has 1 saturated heterocycles. The summed E-state index contributed by atoms with van der Waals surface area (Å²) in [6.45, 7) is 2.74. The van der Waals surface area contributed by atoms with Gasteiger partial charge in [-0.3, -0.25) is 4.79 Å². The van der Waals surface area contributed by atoms with Crippen LogP contribution in [0.5, 0.6) is 0 Å². The number of tetrazole rings is 1. The molecule has 0 bridgehead atoms. The van der Waals surface area contributed by atoms with Crippen molar-refractivity contribution in [2.75, 3.05) is 6.54 Å². The van der Waals surface area contributed by atoms with Crippen molar-refractivity contribution in [3.63, 3.8) is 0 Å². The number of aryl methyl sites for hydroxylation is 1. The Labute approximate surface area is 164 Å². The van der Waals surface area contributed by atoms with E-state index < -0.39 is 0 Å². The molecule has 6 nitrogen and oxygen atoms in total. The van der Waals surface area contributed by atoms with Crippen molar-refractivity contribution in [2.24, 2.45) is 0 Å². The molecule has 1 fully saturated rings. The zero-order valence-electron chi connectivity index (χ0n) is 14.3. The highest BCUT2D eigenvalue weighted by molar-refractivity contribution is 9.10. The molecule has 8 heteroatoms. The van der Waals surface area contributed by atoms with Gasteiger partial charge in [-0.05, 0) is 61.7 Å². The van der Waals surface area contributed by atoms with Crippen LogP contribution in [-0.2, 0) is 0 Å². The van der Waals surface area contributed by atoms with E-state index in [0.717, 1.165) is 45.7 Å². The van der Waals surface area contributed by atoms with Gasteiger partial charge in [-0.2, -0.15) is 0 Å². The van der Waals surface area contributed by atoms with Crippen molar-refractivity contribution in [3.05, 3.63) is 56.4 Å². The molecular weight excluding hydrogens is 414 g/mol. The lowest BCUT2D eigenvalue weighted by atomic mass is 10.0. The van der Waals surface area contributed by atoms with E-state index in [-0.39, 0.29) is 11.9 Å². The van der Waals surface area contributed by atoms with Crippen LogP contribution in [0.4, 0.5) is 0 Å². The van der Waals surface area contributed by atoms with E-state index in [2.05, 4.69) is 31.3 Å². The molecule has 0 spiro atoms. The molecule has 1 aliphatic rings. The summed E-state index contributed by atoms with van der Waals surface area (Å²) in [7, 11) is 0. The minimum absolute atomic E-state index is 0.0617. The largest absolute Gasteiger partial charge is 0.328 e. The van der Waals surface area contributed by atoms with E-state index in [4.69, 9.17) is 0 Å². The number of benzene rings is 1. The maximum atomic E-state index is 13.0. The Kier molecular flexibility index (Phi) is 4.86. The van der Waals surface area contributed by atoms with Crippen molar-refractivity contribution in [1.82, 2.24) is 25.1 Å². The number of hydrogen-bond donors (Lipinski definition) is 0. The third kappa shape index (κ3) is 3.43. The molecule has 3 aromatic rings. The Bertz CT molecular complexity index is 937. The molecule has 4 rings (SSSR count). The Morgan fingerprint density at radius 1 is 1.27 bits per heavy atom. The Morgan fingerprint density at radius 3 is 2.92 bits per heavy atom. The monoisotopic (exact) mass is 431 g/mol. The maximum Gasteiger partial charge on any atom is 0.264 e. The van der Waals surface area contributed by atoms with Gasteiger partial charge in [0, 0.05) is 15.9 Å². The number of amides is 1. The van der Waals surface area contributed by atoms with Crippen molar-refractivity contribution in [1.29, 1.82) is 0 Å². The Balaban J connectivity index is 1.62. The van der Waals surface area contributed by atoms with E-state index in [1.165, 1.54) is 16.1 Å². The summed E-state index contributed by atoms with van der Waals surface area (Å²) >= 11 is 4.99. The molecule has 3 heterocycles. The summed E-state index contributed by atoms with van der Waals surface area (Å²) in [5.41, 5.74) is 0.834. The molecule has 2 aromatic heterocycles. The summed E-state index contributed by atoms with van der Waals surface area (Å²) < 4.78 is 0.955. The Morgan fingerprint density at radius 2 is 2.15 bits per heavy atom. The third-order valence-corrected chi connectivity index (χ3v) is 5.96. The van der Waals surface area contributed by atoms with Crippen LogP contribution in [0.15, 0.2) is 40.9 Å². The van der Waals surface area contributed by atoms with Gasteiger partial charge in [0.15, 0.2) is 5.82 Å². The first-order chi connectivity index (χ1) is 12.6. The van der Waals surface area contributed by atoms with E-state index in [1.807, 2.05) is 48.2 Å². The van der Waals surface area contributed by atoms with Gasteiger partial charge in [0.25, 0.3) is 5.91 Å². The fourth-order valence-corrected chi connectivity index (χ4v) is 4.41. The number of nitrogens with zero attached hydrogens (tertiary/aromatic N) is 5. The van der Waals surface area contributed by atoms with Crippen LogP contribution in [0.3, 0.4) is 0 Å². The highest BCUT2D eigenvalue weighted by Gasteiger charge is 2.32. The van der Waals surface area contributed by atoms with E-state index in [0.29, 0.717) is 5.82 Å². The van der Waals surface area contributed by atoms with Gasteiger partial charge in [0.05, 0.1) is 16.6 Å². The number of carbonyl (C=O) groups is 1. The van der Waals surface area contributed by atoms with E-state index >= 15 is 0 Å². The average Bonchev–Trinajstić information content (AvgIpc) is 3.30. The Hall–Kier alpha value is -2.06. The molecule has 1 amide bonds. The molecule has 0 aliphatic carbocycles. The lowest BCUT2D eigenvalue weighted by molar-refractivity contribution is 0.0605. The summed E-state index contributed by atoms with van der Waals surface area (Å²) in [5, 5.41) is 13.0. The predicted octanol–water partition coefficient (Wildman–Crippen LogP) is 4.16. The number of thiophene rings is 1. The fourth-order valence-electron chi connectivity index (χ4n) is 3.20. The lowest BCUT2D eigenvalue weighted by Crippen LogP contribution is -2.38. The first-order valence-corrected chi connectivity index (χ1v) is 10.2. The highest BCUT2D eigenvalue weighted by atomic mass is 79.9. The molecule has 1 aromatic carbocycles. The van der Waals surface area contributed by atoms with Crippen LogP contribution in [0, 0.1) is 6.92 Å². The first kappa shape index (κ1) is 17.4. The predicted molar refractivity (Wildman–Crippen MR) is 104 cm³/mol. The quantitative estimate of drug-likeness (QED) is 0.624. The SMILES string of the molecule is Cc1ccc(C(=O)N2CCCCC2c2nnn(-c3cccc(Br)c3)n2)s1. The molecule has 134 valence electrons. The summed E-state index contributed by atoms with van der Waals surface area (Å²) in [4.78, 5) is 18.3. The van der Waals surface area contributed by atoms with Gasteiger partial charge in [0.2, 0.25) is 0 Å². The van der Waals surface area contributed by atoms with Crippen molar-refractivity contribution in [3.8, 4) is 5.69 Å².